The smallest absolute Gasteiger partial charge is 0.0485 e. The average Bonchev–Trinajstić information content (AvgIpc) is 2.80. The number of rotatable bonds is 3. The second-order valence-electron chi connectivity index (χ2n) is 5.37. The number of likely N-dealkylation sites (N-methyl/N-ethyl adjacent to an activating group) is 1. The van der Waals surface area contributed by atoms with Crippen LogP contribution in [0.3, 0.4) is 0 Å². The third kappa shape index (κ3) is 1.99. The van der Waals surface area contributed by atoms with E-state index in [4.69, 9.17) is 0 Å². The molecule has 18 heavy (non-hydrogen) atoms. The Bertz CT molecular complexity index is 554. The summed E-state index contributed by atoms with van der Waals surface area (Å²) >= 11 is 0. The van der Waals surface area contributed by atoms with Gasteiger partial charge in [-0.05, 0) is 50.7 Å². The van der Waals surface area contributed by atoms with E-state index >= 15 is 0 Å². The second-order valence-corrected chi connectivity index (χ2v) is 5.37. The van der Waals surface area contributed by atoms with Crippen molar-refractivity contribution in [3.63, 3.8) is 0 Å². The van der Waals surface area contributed by atoms with Gasteiger partial charge in [0.2, 0.25) is 0 Å². The highest BCUT2D eigenvalue weighted by Crippen LogP contribution is 2.30. The lowest BCUT2D eigenvalue weighted by molar-refractivity contribution is 0.387. The highest BCUT2D eigenvalue weighted by atomic mass is 15.1. The van der Waals surface area contributed by atoms with E-state index < -0.39 is 0 Å². The van der Waals surface area contributed by atoms with E-state index in [1.54, 1.807) is 0 Å². The Hall–Kier alpha value is -1.48. The minimum atomic E-state index is 1.06. The summed E-state index contributed by atoms with van der Waals surface area (Å²) in [7, 11) is 4.24. The fourth-order valence-corrected chi connectivity index (χ4v) is 2.76. The zero-order chi connectivity index (χ0) is 12.5. The van der Waals surface area contributed by atoms with E-state index in [1.165, 1.54) is 35.0 Å². The first-order valence-electron chi connectivity index (χ1n) is 6.75. The molecule has 0 saturated heterocycles. The van der Waals surface area contributed by atoms with Crippen LogP contribution in [0.25, 0.3) is 10.9 Å². The predicted octanol–water partition coefficient (Wildman–Crippen LogP) is 2.56. The predicted molar refractivity (Wildman–Crippen MR) is 77.3 cm³/mol. The summed E-state index contributed by atoms with van der Waals surface area (Å²) in [5.74, 6) is 0. The van der Waals surface area contributed by atoms with E-state index in [1.807, 2.05) is 0 Å². The number of anilines is 1. The molecule has 2 aromatic rings. The van der Waals surface area contributed by atoms with Gasteiger partial charge in [-0.25, -0.2) is 0 Å². The number of hydrogen-bond acceptors (Lipinski definition) is 2. The maximum Gasteiger partial charge on any atom is 0.0485 e. The normalized spacial score (nSPS) is 14.8. The van der Waals surface area contributed by atoms with E-state index in [9.17, 15) is 0 Å². The molecule has 1 N–H and O–H groups in total. The molecule has 3 rings (SSSR count). The van der Waals surface area contributed by atoms with Crippen LogP contribution in [0.2, 0.25) is 0 Å². The maximum atomic E-state index is 3.50. The zero-order valence-corrected chi connectivity index (χ0v) is 11.2. The number of nitrogens with one attached hydrogen (secondary N) is 1. The molecule has 0 atom stereocenters. The number of hydrogen-bond donors (Lipinski definition) is 1. The van der Waals surface area contributed by atoms with E-state index in [0.29, 0.717) is 0 Å². The standard InChI is InChI=1S/C15H21N3/c1-17(2)10-11-18-9-7-13-12-4-3-8-16-14(12)5-6-15(13)18/h5-7,9,16H,3-4,8,10-11H2,1-2H3. The molecule has 0 amide bonds. The minimum absolute atomic E-state index is 1.06. The maximum absolute atomic E-state index is 3.50. The van der Waals surface area contributed by atoms with Crippen LogP contribution >= 0.6 is 0 Å². The number of aryl methyl sites for hydroxylation is 1. The molecule has 3 nitrogen and oxygen atoms in total. The quantitative estimate of drug-likeness (QED) is 0.894. The van der Waals surface area contributed by atoms with Gasteiger partial charge in [0.15, 0.2) is 0 Å². The van der Waals surface area contributed by atoms with Crippen molar-refractivity contribution in [3.8, 4) is 0 Å². The highest BCUT2D eigenvalue weighted by molar-refractivity contribution is 5.89. The molecule has 0 bridgehead atoms. The van der Waals surface area contributed by atoms with Crippen LogP contribution in [0, 0.1) is 0 Å². The lowest BCUT2D eigenvalue weighted by Crippen LogP contribution is -2.18. The fraction of sp³-hybridized carbons (Fsp3) is 0.467. The molecule has 1 aromatic carbocycles. The molecule has 1 aromatic heterocycles. The Morgan fingerprint density at radius 3 is 3.00 bits per heavy atom. The van der Waals surface area contributed by atoms with Gasteiger partial charge in [0, 0.05) is 42.4 Å². The van der Waals surface area contributed by atoms with E-state index in [-0.39, 0.29) is 0 Å². The molecule has 3 heteroatoms. The Labute approximate surface area is 108 Å². The van der Waals surface area contributed by atoms with Gasteiger partial charge in [-0.3, -0.25) is 0 Å². The molecular formula is C15H21N3. The summed E-state index contributed by atoms with van der Waals surface area (Å²) in [4.78, 5) is 2.23. The molecule has 96 valence electrons. The van der Waals surface area contributed by atoms with Gasteiger partial charge in [-0.15, -0.1) is 0 Å². The van der Waals surface area contributed by atoms with Gasteiger partial charge in [-0.2, -0.15) is 0 Å². The van der Waals surface area contributed by atoms with Crippen LogP contribution in [-0.2, 0) is 13.0 Å². The molecule has 0 spiro atoms. The number of nitrogens with zero attached hydrogens (tertiary/aromatic N) is 2. The first-order valence-corrected chi connectivity index (χ1v) is 6.75. The average molecular weight is 243 g/mol. The summed E-state index contributed by atoms with van der Waals surface area (Å²) in [5.41, 5.74) is 4.21. The summed E-state index contributed by atoms with van der Waals surface area (Å²) in [6, 6.07) is 6.77. The van der Waals surface area contributed by atoms with Crippen LogP contribution in [-0.4, -0.2) is 36.7 Å². The van der Waals surface area contributed by atoms with Gasteiger partial charge in [0.1, 0.15) is 0 Å². The molecule has 1 aliphatic rings. The Balaban J connectivity index is 1.99. The molecule has 0 saturated carbocycles. The number of fused-ring (bicyclic) bond motifs is 3. The van der Waals surface area contributed by atoms with Crippen LogP contribution in [0.4, 0.5) is 5.69 Å². The number of benzene rings is 1. The summed E-state index contributed by atoms with van der Waals surface area (Å²) in [6.07, 6.45) is 4.68. The zero-order valence-electron chi connectivity index (χ0n) is 11.2. The third-order valence-corrected chi connectivity index (χ3v) is 3.77. The van der Waals surface area contributed by atoms with Gasteiger partial charge in [-0.1, -0.05) is 0 Å². The largest absolute Gasteiger partial charge is 0.385 e. The second kappa shape index (κ2) is 4.65. The molecule has 0 unspecified atom stereocenters. The van der Waals surface area contributed by atoms with Crippen molar-refractivity contribution in [3.05, 3.63) is 30.0 Å². The number of aromatic nitrogens is 1. The van der Waals surface area contributed by atoms with E-state index in [0.717, 1.165) is 19.6 Å². The van der Waals surface area contributed by atoms with Crippen molar-refractivity contribution < 1.29 is 0 Å². The Morgan fingerprint density at radius 1 is 1.28 bits per heavy atom. The lowest BCUT2D eigenvalue weighted by atomic mass is 10.00. The van der Waals surface area contributed by atoms with Crippen LogP contribution in [0.5, 0.6) is 0 Å². The summed E-state index contributed by atoms with van der Waals surface area (Å²) < 4.78 is 2.37. The van der Waals surface area contributed by atoms with Crippen LogP contribution < -0.4 is 5.32 Å². The van der Waals surface area contributed by atoms with Gasteiger partial charge in [0.25, 0.3) is 0 Å². The van der Waals surface area contributed by atoms with Crippen molar-refractivity contribution in [2.75, 3.05) is 32.5 Å². The molecule has 0 radical (unpaired) electrons. The Morgan fingerprint density at radius 2 is 2.17 bits per heavy atom. The monoisotopic (exact) mass is 243 g/mol. The molecule has 0 aliphatic carbocycles. The Kier molecular flexibility index (Phi) is 3.00. The topological polar surface area (TPSA) is 20.2 Å². The van der Waals surface area contributed by atoms with Crippen LogP contribution in [0.15, 0.2) is 24.4 Å². The van der Waals surface area contributed by atoms with Gasteiger partial charge in [0.05, 0.1) is 0 Å². The van der Waals surface area contributed by atoms with Crippen molar-refractivity contribution in [2.24, 2.45) is 0 Å². The first kappa shape index (κ1) is 11.6. The van der Waals surface area contributed by atoms with Crippen molar-refractivity contribution >= 4 is 16.6 Å². The molecule has 1 aliphatic heterocycles. The first-order chi connectivity index (χ1) is 8.75. The minimum Gasteiger partial charge on any atom is -0.385 e. The van der Waals surface area contributed by atoms with Crippen molar-refractivity contribution in [1.82, 2.24) is 9.47 Å². The highest BCUT2D eigenvalue weighted by Gasteiger charge is 2.13. The van der Waals surface area contributed by atoms with Crippen molar-refractivity contribution in [2.45, 2.75) is 19.4 Å². The molecule has 0 fully saturated rings. The van der Waals surface area contributed by atoms with E-state index in [2.05, 4.69) is 53.3 Å². The van der Waals surface area contributed by atoms with Gasteiger partial charge < -0.3 is 14.8 Å². The van der Waals surface area contributed by atoms with Crippen molar-refractivity contribution in [1.29, 1.82) is 0 Å². The lowest BCUT2D eigenvalue weighted by Gasteiger charge is -2.19. The molecule has 2 heterocycles. The summed E-state index contributed by atoms with van der Waals surface area (Å²) in [5, 5.41) is 4.93. The molecular weight excluding hydrogens is 222 g/mol. The van der Waals surface area contributed by atoms with Crippen LogP contribution in [0.1, 0.15) is 12.0 Å². The SMILES string of the molecule is CN(C)CCn1ccc2c3c(ccc21)NCCC3. The third-order valence-electron chi connectivity index (χ3n) is 3.77. The fourth-order valence-electron chi connectivity index (χ4n) is 2.76. The summed E-state index contributed by atoms with van der Waals surface area (Å²) in [6.45, 7) is 3.25. The van der Waals surface area contributed by atoms with Gasteiger partial charge >= 0.3 is 0 Å².